The van der Waals surface area contributed by atoms with Gasteiger partial charge >= 0.3 is 0 Å². The topological polar surface area (TPSA) is 30.2 Å². The van der Waals surface area contributed by atoms with E-state index in [1.165, 1.54) is 19.3 Å². The van der Waals surface area contributed by atoms with Crippen molar-refractivity contribution in [2.45, 2.75) is 46.0 Å². The number of Topliss-reactive ketones (excluding diaryl/α,β-unsaturated/α-hetero) is 1. The van der Waals surface area contributed by atoms with Crippen molar-refractivity contribution in [2.75, 3.05) is 0 Å². The van der Waals surface area contributed by atoms with E-state index in [9.17, 15) is 4.79 Å². The number of hydrogen-bond acceptors (Lipinski definition) is 2. The zero-order chi connectivity index (χ0) is 11.5. The van der Waals surface area contributed by atoms with Gasteiger partial charge in [-0.2, -0.15) is 0 Å². The van der Waals surface area contributed by atoms with E-state index in [0.29, 0.717) is 5.78 Å². The fourth-order valence-corrected chi connectivity index (χ4v) is 2.76. The van der Waals surface area contributed by atoms with E-state index in [0.717, 1.165) is 30.1 Å². The first-order chi connectivity index (χ1) is 7.72. The van der Waals surface area contributed by atoms with Gasteiger partial charge in [-0.05, 0) is 31.7 Å². The molecule has 1 aliphatic rings. The van der Waals surface area contributed by atoms with Gasteiger partial charge < -0.3 is 4.42 Å². The highest BCUT2D eigenvalue weighted by molar-refractivity contribution is 5.98. The van der Waals surface area contributed by atoms with Crippen molar-refractivity contribution in [1.82, 2.24) is 0 Å². The normalized spacial score (nSPS) is 25.6. The molecule has 0 bridgehead atoms. The van der Waals surface area contributed by atoms with E-state index in [-0.39, 0.29) is 5.92 Å². The average Bonchev–Trinajstić information content (AvgIpc) is 2.74. The van der Waals surface area contributed by atoms with Gasteiger partial charge in [-0.15, -0.1) is 0 Å². The Hall–Kier alpha value is -1.05. The third kappa shape index (κ3) is 2.21. The molecule has 0 saturated heterocycles. The number of hydrogen-bond donors (Lipinski definition) is 0. The molecule has 0 aromatic carbocycles. The van der Waals surface area contributed by atoms with Crippen molar-refractivity contribution in [3.8, 4) is 0 Å². The van der Waals surface area contributed by atoms with Gasteiger partial charge in [0.15, 0.2) is 5.78 Å². The average molecular weight is 220 g/mol. The number of aryl methyl sites for hydroxylation is 1. The molecule has 1 aromatic heterocycles. The number of rotatable bonds is 3. The summed E-state index contributed by atoms with van der Waals surface area (Å²) in [7, 11) is 0. The zero-order valence-corrected chi connectivity index (χ0v) is 10.2. The minimum Gasteiger partial charge on any atom is -0.469 e. The Morgan fingerprint density at radius 1 is 1.50 bits per heavy atom. The second-order valence-corrected chi connectivity index (χ2v) is 4.89. The molecule has 0 radical (unpaired) electrons. The van der Waals surface area contributed by atoms with Gasteiger partial charge in [-0.3, -0.25) is 4.79 Å². The Morgan fingerprint density at radius 2 is 2.31 bits per heavy atom. The summed E-state index contributed by atoms with van der Waals surface area (Å²) in [6.07, 6.45) is 7.44. The first-order valence-electron chi connectivity index (χ1n) is 6.30. The van der Waals surface area contributed by atoms with E-state index in [1.807, 2.05) is 13.0 Å². The molecule has 0 aliphatic heterocycles. The number of ketones is 1. The van der Waals surface area contributed by atoms with Crippen LogP contribution in [0.2, 0.25) is 0 Å². The first kappa shape index (κ1) is 11.4. The summed E-state index contributed by atoms with van der Waals surface area (Å²) in [4.78, 5) is 12.3. The lowest BCUT2D eigenvalue weighted by atomic mass is 9.77. The van der Waals surface area contributed by atoms with Gasteiger partial charge in [0.1, 0.15) is 5.76 Å². The Balaban J connectivity index is 2.07. The molecule has 2 heteroatoms. The molecule has 0 amide bonds. The summed E-state index contributed by atoms with van der Waals surface area (Å²) >= 11 is 0. The van der Waals surface area contributed by atoms with Crippen molar-refractivity contribution >= 4 is 5.78 Å². The molecule has 88 valence electrons. The molecule has 16 heavy (non-hydrogen) atoms. The highest BCUT2D eigenvalue weighted by Crippen LogP contribution is 2.33. The fraction of sp³-hybridized carbons (Fsp3) is 0.643. The Bertz CT molecular complexity index is 365. The molecule has 1 fully saturated rings. The van der Waals surface area contributed by atoms with Crippen LogP contribution in [0, 0.1) is 18.8 Å². The van der Waals surface area contributed by atoms with Gasteiger partial charge in [0.05, 0.1) is 11.8 Å². The first-order valence-corrected chi connectivity index (χ1v) is 6.30. The zero-order valence-electron chi connectivity index (χ0n) is 10.2. The summed E-state index contributed by atoms with van der Waals surface area (Å²) in [5.74, 6) is 2.04. The smallest absolute Gasteiger partial charge is 0.169 e. The second-order valence-electron chi connectivity index (χ2n) is 4.89. The predicted octanol–water partition coefficient (Wildman–Crippen LogP) is 3.99. The summed E-state index contributed by atoms with van der Waals surface area (Å²) in [5, 5.41) is 0. The Kier molecular flexibility index (Phi) is 3.47. The maximum Gasteiger partial charge on any atom is 0.169 e. The quantitative estimate of drug-likeness (QED) is 0.721. The molecule has 2 atom stereocenters. The molecule has 1 saturated carbocycles. The van der Waals surface area contributed by atoms with Crippen LogP contribution >= 0.6 is 0 Å². The van der Waals surface area contributed by atoms with Gasteiger partial charge in [-0.1, -0.05) is 26.2 Å². The van der Waals surface area contributed by atoms with Crippen LogP contribution in [-0.4, -0.2) is 5.78 Å². The van der Waals surface area contributed by atoms with E-state index >= 15 is 0 Å². The van der Waals surface area contributed by atoms with Crippen molar-refractivity contribution in [3.63, 3.8) is 0 Å². The highest BCUT2D eigenvalue weighted by Gasteiger charge is 2.28. The molecule has 0 spiro atoms. The summed E-state index contributed by atoms with van der Waals surface area (Å²) in [5.41, 5.74) is 0.793. The largest absolute Gasteiger partial charge is 0.469 e. The molecule has 1 heterocycles. The van der Waals surface area contributed by atoms with Crippen molar-refractivity contribution in [3.05, 3.63) is 23.7 Å². The number of carbonyl (C=O) groups excluding carboxylic acids is 1. The number of carbonyl (C=O) groups is 1. The van der Waals surface area contributed by atoms with Gasteiger partial charge in [0.25, 0.3) is 0 Å². The van der Waals surface area contributed by atoms with Crippen LogP contribution in [0.1, 0.15) is 55.1 Å². The summed E-state index contributed by atoms with van der Waals surface area (Å²) < 4.78 is 5.21. The lowest BCUT2D eigenvalue weighted by Crippen LogP contribution is -2.23. The third-order valence-electron chi connectivity index (χ3n) is 3.86. The molecule has 1 aliphatic carbocycles. The second kappa shape index (κ2) is 4.86. The maximum atomic E-state index is 12.3. The van der Waals surface area contributed by atoms with Crippen LogP contribution in [0.25, 0.3) is 0 Å². The molecule has 2 rings (SSSR count). The molecular weight excluding hydrogens is 200 g/mol. The predicted molar refractivity (Wildman–Crippen MR) is 63.5 cm³/mol. The fourth-order valence-electron chi connectivity index (χ4n) is 2.76. The molecule has 2 unspecified atom stereocenters. The van der Waals surface area contributed by atoms with Crippen molar-refractivity contribution in [2.24, 2.45) is 11.8 Å². The lowest BCUT2D eigenvalue weighted by molar-refractivity contribution is 0.0860. The van der Waals surface area contributed by atoms with E-state index < -0.39 is 0 Å². The maximum absolute atomic E-state index is 12.3. The van der Waals surface area contributed by atoms with Crippen molar-refractivity contribution in [1.29, 1.82) is 0 Å². The van der Waals surface area contributed by atoms with Crippen LogP contribution in [-0.2, 0) is 0 Å². The highest BCUT2D eigenvalue weighted by atomic mass is 16.3. The molecular formula is C14H20O2. The van der Waals surface area contributed by atoms with E-state index in [2.05, 4.69) is 6.92 Å². The van der Waals surface area contributed by atoms with Crippen molar-refractivity contribution < 1.29 is 9.21 Å². The summed E-state index contributed by atoms with van der Waals surface area (Å²) in [6, 6.07) is 1.81. The van der Waals surface area contributed by atoms with Gasteiger partial charge in [0.2, 0.25) is 0 Å². The minimum atomic E-state index is 0.231. The molecule has 2 nitrogen and oxygen atoms in total. The van der Waals surface area contributed by atoms with Gasteiger partial charge in [0, 0.05) is 5.92 Å². The summed E-state index contributed by atoms with van der Waals surface area (Å²) in [6.45, 7) is 4.09. The minimum absolute atomic E-state index is 0.231. The van der Waals surface area contributed by atoms with Crippen LogP contribution in [0.15, 0.2) is 16.7 Å². The molecule has 1 aromatic rings. The molecule has 0 N–H and O–H groups in total. The van der Waals surface area contributed by atoms with Crippen LogP contribution in [0.3, 0.4) is 0 Å². The third-order valence-corrected chi connectivity index (χ3v) is 3.86. The van der Waals surface area contributed by atoms with Crippen LogP contribution < -0.4 is 0 Å². The standard InChI is InChI=1S/C14H20O2/c1-3-11-5-4-6-12(9-11)14(15)13-7-8-16-10(13)2/h7-8,11-12H,3-6,9H2,1-2H3. The SMILES string of the molecule is CCC1CCCC(C(=O)c2ccoc2C)C1. The monoisotopic (exact) mass is 220 g/mol. The van der Waals surface area contributed by atoms with E-state index in [1.54, 1.807) is 6.26 Å². The lowest BCUT2D eigenvalue weighted by Gasteiger charge is -2.27. The van der Waals surface area contributed by atoms with Crippen LogP contribution in [0.4, 0.5) is 0 Å². The van der Waals surface area contributed by atoms with E-state index in [4.69, 9.17) is 4.42 Å². The number of furan rings is 1. The van der Waals surface area contributed by atoms with Crippen LogP contribution in [0.5, 0.6) is 0 Å². The Morgan fingerprint density at radius 3 is 2.94 bits per heavy atom. The van der Waals surface area contributed by atoms with Gasteiger partial charge in [-0.25, -0.2) is 0 Å². The Labute approximate surface area is 97.0 Å².